The van der Waals surface area contributed by atoms with Crippen LogP contribution in [0.25, 0.3) is 0 Å². The third-order valence-electron chi connectivity index (χ3n) is 3.74. The highest BCUT2D eigenvalue weighted by molar-refractivity contribution is 5.33. The van der Waals surface area contributed by atoms with Gasteiger partial charge in [0, 0.05) is 30.9 Å². The summed E-state index contributed by atoms with van der Waals surface area (Å²) in [5.74, 6) is 0.861. The monoisotopic (exact) mass is 277 g/mol. The molecule has 0 aliphatic carbocycles. The summed E-state index contributed by atoms with van der Waals surface area (Å²) in [7, 11) is 0. The zero-order valence-electron chi connectivity index (χ0n) is 11.8. The van der Waals surface area contributed by atoms with Gasteiger partial charge in [-0.25, -0.2) is 0 Å². The quantitative estimate of drug-likeness (QED) is 0.747. The van der Waals surface area contributed by atoms with Gasteiger partial charge in [0.1, 0.15) is 12.4 Å². The molecule has 4 nitrogen and oxygen atoms in total. The van der Waals surface area contributed by atoms with Gasteiger partial charge in [-0.15, -0.1) is 0 Å². The number of hydrogen-bond donors (Lipinski definition) is 2. The third kappa shape index (κ3) is 3.82. The van der Waals surface area contributed by atoms with E-state index in [0.717, 1.165) is 24.2 Å². The number of benzene rings is 1. The molecule has 0 amide bonds. The Bertz CT molecular complexity index is 427. The van der Waals surface area contributed by atoms with Gasteiger partial charge in [-0.05, 0) is 18.9 Å². The van der Waals surface area contributed by atoms with Gasteiger partial charge in [0.15, 0.2) is 0 Å². The fourth-order valence-corrected chi connectivity index (χ4v) is 2.38. The summed E-state index contributed by atoms with van der Waals surface area (Å²) >= 11 is 0. The molecule has 1 saturated heterocycles. The van der Waals surface area contributed by atoms with E-state index in [1.807, 2.05) is 24.3 Å². The Balaban J connectivity index is 2.00. The number of rotatable bonds is 7. The van der Waals surface area contributed by atoms with Gasteiger partial charge in [0.2, 0.25) is 0 Å². The fraction of sp³-hybridized carbons (Fsp3) is 0.500. The van der Waals surface area contributed by atoms with Crippen molar-refractivity contribution < 1.29 is 14.6 Å². The Kier molecular flexibility index (Phi) is 5.59. The van der Waals surface area contributed by atoms with Crippen LogP contribution in [0.2, 0.25) is 0 Å². The number of aliphatic hydroxyl groups excluding tert-OH is 1. The van der Waals surface area contributed by atoms with E-state index < -0.39 is 0 Å². The molecular weight excluding hydrogens is 254 g/mol. The van der Waals surface area contributed by atoms with E-state index in [1.54, 1.807) is 6.08 Å². The van der Waals surface area contributed by atoms with E-state index in [0.29, 0.717) is 26.4 Å². The summed E-state index contributed by atoms with van der Waals surface area (Å²) in [5, 5.41) is 13.1. The average molecular weight is 277 g/mol. The van der Waals surface area contributed by atoms with Crippen LogP contribution in [0.5, 0.6) is 5.75 Å². The summed E-state index contributed by atoms with van der Waals surface area (Å²) in [6.07, 6.45) is 3.40. The number of nitrogens with one attached hydrogen (secondary N) is 1. The molecule has 0 spiro atoms. The minimum absolute atomic E-state index is 0.131. The first kappa shape index (κ1) is 15.0. The van der Waals surface area contributed by atoms with Gasteiger partial charge in [0.05, 0.1) is 6.61 Å². The second kappa shape index (κ2) is 7.43. The molecule has 0 saturated carbocycles. The SMILES string of the molecule is C=CCOc1ccccc1CNC1(CO)CCOCC1. The van der Waals surface area contributed by atoms with Crippen molar-refractivity contribution in [1.82, 2.24) is 5.32 Å². The van der Waals surface area contributed by atoms with E-state index >= 15 is 0 Å². The van der Waals surface area contributed by atoms with Crippen LogP contribution in [0, 0.1) is 0 Å². The lowest BCUT2D eigenvalue weighted by molar-refractivity contribution is 0.0111. The van der Waals surface area contributed by atoms with Crippen molar-refractivity contribution in [1.29, 1.82) is 0 Å². The summed E-state index contributed by atoms with van der Waals surface area (Å²) in [5.41, 5.74) is 0.859. The fourth-order valence-electron chi connectivity index (χ4n) is 2.38. The number of aliphatic hydroxyl groups is 1. The molecule has 0 aromatic heterocycles. The summed E-state index contributed by atoms with van der Waals surface area (Å²) < 4.78 is 11.0. The Morgan fingerprint density at radius 2 is 2.10 bits per heavy atom. The van der Waals surface area contributed by atoms with Crippen molar-refractivity contribution in [3.05, 3.63) is 42.5 Å². The number of para-hydroxylation sites is 1. The van der Waals surface area contributed by atoms with Gasteiger partial charge >= 0.3 is 0 Å². The zero-order valence-corrected chi connectivity index (χ0v) is 11.8. The zero-order chi connectivity index (χ0) is 14.3. The lowest BCUT2D eigenvalue weighted by Gasteiger charge is -2.36. The van der Waals surface area contributed by atoms with Crippen LogP contribution in [0.15, 0.2) is 36.9 Å². The van der Waals surface area contributed by atoms with E-state index in [-0.39, 0.29) is 12.1 Å². The molecule has 1 aromatic carbocycles. The maximum absolute atomic E-state index is 9.67. The van der Waals surface area contributed by atoms with Crippen molar-refractivity contribution in [2.24, 2.45) is 0 Å². The second-order valence-electron chi connectivity index (χ2n) is 5.11. The van der Waals surface area contributed by atoms with E-state index in [9.17, 15) is 5.11 Å². The van der Waals surface area contributed by atoms with Crippen molar-refractivity contribution in [3.8, 4) is 5.75 Å². The van der Waals surface area contributed by atoms with Crippen LogP contribution in [0.3, 0.4) is 0 Å². The topological polar surface area (TPSA) is 50.7 Å². The van der Waals surface area contributed by atoms with Crippen LogP contribution < -0.4 is 10.1 Å². The van der Waals surface area contributed by atoms with E-state index in [1.165, 1.54) is 0 Å². The molecule has 1 aliphatic heterocycles. The molecular formula is C16H23NO3. The summed E-state index contributed by atoms with van der Waals surface area (Å²) in [6.45, 7) is 6.36. The van der Waals surface area contributed by atoms with Crippen molar-refractivity contribution in [2.45, 2.75) is 24.9 Å². The molecule has 1 heterocycles. The molecule has 20 heavy (non-hydrogen) atoms. The minimum Gasteiger partial charge on any atom is -0.489 e. The molecule has 0 radical (unpaired) electrons. The van der Waals surface area contributed by atoms with Crippen LogP contribution >= 0.6 is 0 Å². The highest BCUT2D eigenvalue weighted by atomic mass is 16.5. The molecule has 1 fully saturated rings. The Morgan fingerprint density at radius 1 is 1.35 bits per heavy atom. The van der Waals surface area contributed by atoms with E-state index in [2.05, 4.69) is 11.9 Å². The predicted molar refractivity (Wildman–Crippen MR) is 78.8 cm³/mol. The molecule has 1 aliphatic rings. The van der Waals surface area contributed by atoms with Crippen molar-refractivity contribution >= 4 is 0 Å². The standard InChI is InChI=1S/C16H23NO3/c1-2-9-20-15-6-4-3-5-14(15)12-17-16(13-18)7-10-19-11-8-16/h2-6,17-18H,1,7-13H2. The van der Waals surface area contributed by atoms with E-state index in [4.69, 9.17) is 9.47 Å². The highest BCUT2D eigenvalue weighted by Crippen LogP contribution is 2.23. The molecule has 0 bridgehead atoms. The maximum Gasteiger partial charge on any atom is 0.124 e. The van der Waals surface area contributed by atoms with Crippen molar-refractivity contribution in [2.75, 3.05) is 26.4 Å². The lowest BCUT2D eigenvalue weighted by atomic mass is 9.90. The van der Waals surface area contributed by atoms with Gasteiger partial charge in [-0.1, -0.05) is 30.9 Å². The molecule has 2 rings (SSSR count). The van der Waals surface area contributed by atoms with Crippen LogP contribution in [0.4, 0.5) is 0 Å². The van der Waals surface area contributed by atoms with Crippen molar-refractivity contribution in [3.63, 3.8) is 0 Å². The molecule has 0 atom stereocenters. The second-order valence-corrected chi connectivity index (χ2v) is 5.11. The number of ether oxygens (including phenoxy) is 2. The Morgan fingerprint density at radius 3 is 2.80 bits per heavy atom. The Hall–Kier alpha value is -1.36. The van der Waals surface area contributed by atoms with Gasteiger partial charge in [-0.2, -0.15) is 0 Å². The molecule has 4 heteroatoms. The smallest absolute Gasteiger partial charge is 0.124 e. The minimum atomic E-state index is -0.232. The molecule has 2 N–H and O–H groups in total. The highest BCUT2D eigenvalue weighted by Gasteiger charge is 2.31. The van der Waals surface area contributed by atoms with Gasteiger partial charge in [0.25, 0.3) is 0 Å². The molecule has 0 unspecified atom stereocenters. The first-order valence-electron chi connectivity index (χ1n) is 7.05. The number of hydrogen-bond acceptors (Lipinski definition) is 4. The van der Waals surface area contributed by atoms with Gasteiger partial charge in [-0.3, -0.25) is 0 Å². The normalized spacial score (nSPS) is 17.6. The van der Waals surface area contributed by atoms with Crippen LogP contribution in [-0.2, 0) is 11.3 Å². The molecule has 110 valence electrons. The maximum atomic E-state index is 9.67. The van der Waals surface area contributed by atoms with Crippen LogP contribution in [0.1, 0.15) is 18.4 Å². The molecule has 1 aromatic rings. The third-order valence-corrected chi connectivity index (χ3v) is 3.74. The first-order valence-corrected chi connectivity index (χ1v) is 7.05. The lowest BCUT2D eigenvalue weighted by Crippen LogP contribution is -2.51. The summed E-state index contributed by atoms with van der Waals surface area (Å²) in [6, 6.07) is 7.94. The Labute approximate surface area is 120 Å². The van der Waals surface area contributed by atoms with Crippen LogP contribution in [-0.4, -0.2) is 37.1 Å². The average Bonchev–Trinajstić information content (AvgIpc) is 2.52. The van der Waals surface area contributed by atoms with Gasteiger partial charge < -0.3 is 19.9 Å². The first-order chi connectivity index (χ1) is 9.79. The largest absolute Gasteiger partial charge is 0.489 e. The summed E-state index contributed by atoms with van der Waals surface area (Å²) in [4.78, 5) is 0. The predicted octanol–water partition coefficient (Wildman–Crippen LogP) is 1.88.